The van der Waals surface area contributed by atoms with Crippen molar-refractivity contribution in [3.63, 3.8) is 0 Å². The van der Waals surface area contributed by atoms with Crippen LogP contribution in [0.5, 0.6) is 17.2 Å². The van der Waals surface area contributed by atoms with Crippen LogP contribution < -0.4 is 42.6 Å². The number of halogens is 2. The molecule has 3 aliphatic heterocycles. The summed E-state index contributed by atoms with van der Waals surface area (Å²) in [6.07, 6.45) is 13.7. The molecule has 0 saturated carbocycles. The van der Waals surface area contributed by atoms with E-state index in [1.807, 2.05) is 61.2 Å². The number of carboxylic acids is 1. The number of ether oxygens (including phenoxy) is 5. The molecular weight excluding hydrogens is 1150 g/mol. The van der Waals surface area contributed by atoms with E-state index in [1.165, 1.54) is 40.5 Å². The van der Waals surface area contributed by atoms with Gasteiger partial charge in [0.05, 0.1) is 39.2 Å². The number of esters is 2. The molecule has 6 aromatic carbocycles. The number of nitrogens with two attached hydrogens (primary N) is 1. The Morgan fingerprint density at radius 2 is 0.845 bits per heavy atom. The number of H-pyrrole nitrogens is 2. The Labute approximate surface area is 505 Å². The molecule has 3 fully saturated rings. The van der Waals surface area contributed by atoms with Crippen LogP contribution in [0.1, 0.15) is 78.8 Å². The van der Waals surface area contributed by atoms with Crippen LogP contribution in [0.4, 0.5) is 0 Å². The number of aromatic amines is 2. The fraction of sp³-hybridized carbons (Fsp3) is 0.318. The average molecular weight is 1220 g/mol. The minimum atomic E-state index is -0.975. The number of benzene rings is 6. The number of carboxylic acid groups (broad SMARTS) is 1. The van der Waals surface area contributed by atoms with Crippen molar-refractivity contribution in [1.82, 2.24) is 31.0 Å². The van der Waals surface area contributed by atoms with Crippen molar-refractivity contribution in [3.8, 4) is 39.5 Å². The zero-order valence-corrected chi connectivity index (χ0v) is 49.8. The lowest BCUT2D eigenvalue weighted by molar-refractivity contribution is -0.665. The summed E-state index contributed by atoms with van der Waals surface area (Å²) < 4.78 is 26.9. The van der Waals surface area contributed by atoms with Crippen LogP contribution in [0, 0.1) is 0 Å². The van der Waals surface area contributed by atoms with Gasteiger partial charge in [0.2, 0.25) is 0 Å². The normalized spacial score (nSPS) is 15.7. The first kappa shape index (κ1) is 62.3. The maximum Gasteiger partial charge on any atom is 0.344 e. The lowest BCUT2D eigenvalue weighted by atomic mass is 9.68. The summed E-state index contributed by atoms with van der Waals surface area (Å²) in [4.78, 5) is 33.4. The number of aliphatic carboxylic acids is 1. The molecule has 0 radical (unpaired) electrons. The number of quaternary nitrogens is 1. The summed E-state index contributed by atoms with van der Waals surface area (Å²) in [5.74, 6) is 0.225. The SMILES string of the molecule is CCOC(=O)COc1ccc(C2(c3ccc(Br)cc3)CC[NH2+]CC2)cc1.COC(=O)COc1ccc(C2(c3ccc(-c4cn[nH]c4)cc3)CCNCC2)cc1.O=C(O)COc1ccc(C2(c3ccc(-c4cn[nH]c4)cc3)CCNCC2)cc1.[Cl-]. The zero-order valence-electron chi connectivity index (χ0n) is 47.4. The number of hydrogen-bond acceptors (Lipinski definition) is 12. The fourth-order valence-corrected chi connectivity index (χ4v) is 12.0. The van der Waals surface area contributed by atoms with Crippen LogP contribution in [0.25, 0.3) is 22.3 Å². The predicted octanol–water partition coefficient (Wildman–Crippen LogP) is 6.55. The number of methoxy groups -OCH3 is 1. The van der Waals surface area contributed by atoms with E-state index >= 15 is 0 Å². The highest BCUT2D eigenvalue weighted by Crippen LogP contribution is 2.44. The zero-order chi connectivity index (χ0) is 57.9. The van der Waals surface area contributed by atoms with Gasteiger partial charge in [-0.1, -0.05) is 113 Å². The van der Waals surface area contributed by atoms with Crippen molar-refractivity contribution in [3.05, 3.63) is 208 Å². The van der Waals surface area contributed by atoms with E-state index < -0.39 is 5.97 Å². The highest BCUT2D eigenvalue weighted by atomic mass is 79.9. The number of nitrogens with one attached hydrogen (secondary N) is 4. The second kappa shape index (κ2) is 30.1. The largest absolute Gasteiger partial charge is 1.00 e. The standard InChI is InChI=1S/C23H25N3O3.C22H23N3O3.C21H24BrNO3.ClH/c1-28-22(27)16-29-21-8-6-20(7-9-21)23(10-12-24-13-11-23)19-4-2-17(3-5-19)18-14-25-26-15-18;26-21(27)15-28-20-7-5-19(6-8-20)22(9-11-23-12-10-22)18-3-1-16(2-4-18)17-13-24-25-14-17;1-2-25-20(24)15-26-19-9-5-17(6-10-19)21(11-13-23-14-12-21)16-3-7-18(22)8-4-16;/h2-9,14-15,24H,10-13,16H2,1H3,(H,25,26);1-8,13-14,23H,9-12,15H2,(H,24,25)(H,26,27);3-10,23H,2,11-15H2,1H3;1H. The minimum Gasteiger partial charge on any atom is -1.00 e. The molecule has 0 aliphatic carbocycles. The van der Waals surface area contributed by atoms with Crippen molar-refractivity contribution < 1.29 is 60.9 Å². The van der Waals surface area contributed by atoms with E-state index in [2.05, 4.69) is 166 Å². The maximum absolute atomic E-state index is 11.4. The molecule has 5 heterocycles. The van der Waals surface area contributed by atoms with Gasteiger partial charge in [0, 0.05) is 57.1 Å². The van der Waals surface area contributed by atoms with E-state index in [0.717, 1.165) is 105 Å². The Morgan fingerprint density at radius 1 is 0.500 bits per heavy atom. The quantitative estimate of drug-likeness (QED) is 0.0504. The van der Waals surface area contributed by atoms with Gasteiger partial charge in [-0.2, -0.15) is 10.2 Å². The molecule has 0 amide bonds. The molecule has 0 atom stereocenters. The number of rotatable bonds is 18. The lowest BCUT2D eigenvalue weighted by Gasteiger charge is -2.39. The highest BCUT2D eigenvalue weighted by Gasteiger charge is 2.39. The van der Waals surface area contributed by atoms with Crippen LogP contribution in [0.2, 0.25) is 0 Å². The van der Waals surface area contributed by atoms with Gasteiger partial charge in [-0.25, -0.2) is 14.4 Å². The number of hydrogen-bond donors (Lipinski definition) is 6. The minimum absolute atomic E-state index is 0. The van der Waals surface area contributed by atoms with Crippen molar-refractivity contribution in [2.75, 3.05) is 72.8 Å². The van der Waals surface area contributed by atoms with E-state index in [0.29, 0.717) is 23.9 Å². The maximum atomic E-state index is 11.4. The van der Waals surface area contributed by atoms with Crippen molar-refractivity contribution >= 4 is 33.8 Å². The Hall–Kier alpha value is -7.80. The highest BCUT2D eigenvalue weighted by molar-refractivity contribution is 9.10. The van der Waals surface area contributed by atoms with Gasteiger partial charge < -0.3 is 57.1 Å². The molecular formula is C66H73BrClN7O9. The second-order valence-corrected chi connectivity index (χ2v) is 21.9. The topological polar surface area (TPSA) is 216 Å². The average Bonchev–Trinajstić information content (AvgIpc) is 2.21. The van der Waals surface area contributed by atoms with Gasteiger partial charge in [-0.3, -0.25) is 10.2 Å². The van der Waals surface area contributed by atoms with E-state index in [-0.39, 0.29) is 60.4 Å². The number of aromatic nitrogens is 4. The van der Waals surface area contributed by atoms with Crippen LogP contribution in [-0.2, 0) is 40.1 Å². The molecule has 3 aliphatic rings. The summed E-state index contributed by atoms with van der Waals surface area (Å²) >= 11 is 3.53. The summed E-state index contributed by atoms with van der Waals surface area (Å²) in [6, 6.07) is 50.3. The van der Waals surface area contributed by atoms with Crippen molar-refractivity contribution in [1.29, 1.82) is 0 Å². The molecule has 18 heteroatoms. The fourth-order valence-electron chi connectivity index (χ4n) is 11.8. The van der Waals surface area contributed by atoms with Crippen LogP contribution in [0.3, 0.4) is 0 Å². The number of piperidine rings is 3. The molecule has 0 bridgehead atoms. The summed E-state index contributed by atoms with van der Waals surface area (Å²) in [6.45, 7) is 7.80. The van der Waals surface area contributed by atoms with Gasteiger partial charge in [-0.05, 0) is 152 Å². The Morgan fingerprint density at radius 3 is 1.19 bits per heavy atom. The summed E-state index contributed by atoms with van der Waals surface area (Å²) in [7, 11) is 1.35. The first-order chi connectivity index (χ1) is 40.5. The number of nitrogens with zero attached hydrogens (tertiary/aromatic N) is 2. The molecule has 84 heavy (non-hydrogen) atoms. The summed E-state index contributed by atoms with van der Waals surface area (Å²) in [5, 5.41) is 31.9. The molecule has 16 nitrogen and oxygen atoms in total. The van der Waals surface area contributed by atoms with E-state index in [1.54, 1.807) is 6.92 Å². The van der Waals surface area contributed by atoms with Gasteiger partial charge in [0.15, 0.2) is 19.8 Å². The predicted molar refractivity (Wildman–Crippen MR) is 322 cm³/mol. The van der Waals surface area contributed by atoms with Crippen molar-refractivity contribution in [2.45, 2.75) is 61.7 Å². The molecule has 0 unspecified atom stereocenters. The molecule has 11 rings (SSSR count). The molecule has 0 spiro atoms. The van der Waals surface area contributed by atoms with Crippen molar-refractivity contribution in [2.24, 2.45) is 0 Å². The number of carbonyl (C=O) groups excluding carboxylic acids is 2. The van der Waals surface area contributed by atoms with Crippen LogP contribution in [-0.4, -0.2) is 116 Å². The van der Waals surface area contributed by atoms with Crippen LogP contribution in [0.15, 0.2) is 175 Å². The van der Waals surface area contributed by atoms with E-state index in [4.69, 9.17) is 24.1 Å². The first-order valence-electron chi connectivity index (χ1n) is 28.4. The van der Waals surface area contributed by atoms with Gasteiger partial charge in [0.1, 0.15) is 17.2 Å². The second-order valence-electron chi connectivity index (χ2n) is 21.0. The van der Waals surface area contributed by atoms with Gasteiger partial charge in [-0.15, -0.1) is 0 Å². The lowest BCUT2D eigenvalue weighted by Crippen LogP contribution is -3.00. The van der Waals surface area contributed by atoms with Gasteiger partial charge >= 0.3 is 17.9 Å². The van der Waals surface area contributed by atoms with Crippen LogP contribution >= 0.6 is 15.9 Å². The summed E-state index contributed by atoms with van der Waals surface area (Å²) in [5.41, 5.74) is 12.1. The smallest absolute Gasteiger partial charge is 0.344 e. The Bertz CT molecular complexity index is 3280. The molecule has 8 aromatic rings. The Balaban J connectivity index is 0.000000164. The third-order valence-electron chi connectivity index (χ3n) is 16.2. The monoisotopic (exact) mass is 1220 g/mol. The third-order valence-corrected chi connectivity index (χ3v) is 16.8. The van der Waals surface area contributed by atoms with E-state index in [9.17, 15) is 14.4 Å². The number of carbonyl (C=O) groups is 3. The molecule has 3 saturated heterocycles. The van der Waals surface area contributed by atoms with Gasteiger partial charge in [0.25, 0.3) is 0 Å². The first-order valence-corrected chi connectivity index (χ1v) is 29.1. The molecule has 440 valence electrons. The third kappa shape index (κ3) is 15.5. The molecule has 7 N–H and O–H groups in total. The molecule has 2 aromatic heterocycles. The Kier molecular flexibility index (Phi) is 22.3.